The summed E-state index contributed by atoms with van der Waals surface area (Å²) in [7, 11) is 0. The monoisotopic (exact) mass is 574 g/mol. The molecule has 4 atom stereocenters. The van der Waals surface area contributed by atoms with Crippen LogP contribution in [0.3, 0.4) is 0 Å². The molecule has 176 valence electrons. The van der Waals surface area contributed by atoms with Gasteiger partial charge in [-0.15, -0.1) is 0 Å². The quantitative estimate of drug-likeness (QED) is 0.312. The number of anilines is 2. The highest BCUT2D eigenvalue weighted by molar-refractivity contribution is 14.1. The maximum atomic E-state index is 14.9. The van der Waals surface area contributed by atoms with Gasteiger partial charge in [-0.1, -0.05) is 0 Å². The van der Waals surface area contributed by atoms with E-state index < -0.39 is 45.9 Å². The number of amides is 2. The van der Waals surface area contributed by atoms with E-state index in [4.69, 9.17) is 9.47 Å². The fourth-order valence-electron chi connectivity index (χ4n) is 3.41. The van der Waals surface area contributed by atoms with Crippen LogP contribution in [-0.4, -0.2) is 59.7 Å². The van der Waals surface area contributed by atoms with E-state index in [9.17, 15) is 29.0 Å². The summed E-state index contributed by atoms with van der Waals surface area (Å²) in [5, 5.41) is 24.4. The van der Waals surface area contributed by atoms with Crippen LogP contribution in [0.2, 0.25) is 0 Å². The van der Waals surface area contributed by atoms with Crippen LogP contribution < -0.4 is 21.1 Å². The zero-order valence-electron chi connectivity index (χ0n) is 17.4. The molecule has 0 saturated carbocycles. The van der Waals surface area contributed by atoms with Crippen molar-refractivity contribution >= 4 is 45.9 Å². The number of benzene rings is 1. The number of aromatic nitrogens is 2. The highest BCUT2D eigenvalue weighted by Crippen LogP contribution is 2.45. The molecule has 2 aliphatic rings. The van der Waals surface area contributed by atoms with Crippen LogP contribution in [0.15, 0.2) is 35.3 Å². The number of rotatable bonds is 4. The van der Waals surface area contributed by atoms with Crippen molar-refractivity contribution in [3.63, 3.8) is 0 Å². The van der Waals surface area contributed by atoms with Crippen LogP contribution >= 0.6 is 22.6 Å². The van der Waals surface area contributed by atoms with Gasteiger partial charge in [-0.25, -0.2) is 9.18 Å². The lowest BCUT2D eigenvalue weighted by Crippen LogP contribution is -2.45. The number of ether oxygens (including phenoxy) is 2. The van der Waals surface area contributed by atoms with Crippen molar-refractivity contribution < 1.29 is 33.7 Å². The SMILES string of the molecule is CC1(C)Oc2cc(C(=O)Nc3ccn(C4O[C@H](CO)[C@@H](O)C4(F)I)c(=O)n3)ccc2NC1=O. The van der Waals surface area contributed by atoms with Crippen molar-refractivity contribution in [3.05, 3.63) is 46.5 Å². The molecule has 13 heteroatoms. The average Bonchev–Trinajstić information content (AvgIpc) is 2.97. The third-order valence-corrected chi connectivity index (χ3v) is 6.46. The smallest absolute Gasteiger partial charge is 0.351 e. The number of alkyl halides is 2. The Kier molecular flexibility index (Phi) is 5.92. The van der Waals surface area contributed by atoms with Gasteiger partial charge in [0.05, 0.1) is 12.3 Å². The van der Waals surface area contributed by atoms with E-state index in [2.05, 4.69) is 15.6 Å². The van der Waals surface area contributed by atoms with E-state index in [1.54, 1.807) is 13.8 Å². The largest absolute Gasteiger partial charge is 0.476 e. The molecule has 2 unspecified atom stereocenters. The van der Waals surface area contributed by atoms with Crippen LogP contribution in [0.25, 0.3) is 0 Å². The molecule has 0 radical (unpaired) electrons. The van der Waals surface area contributed by atoms with Crippen molar-refractivity contribution in [2.75, 3.05) is 17.2 Å². The molecule has 11 nitrogen and oxygen atoms in total. The Bertz CT molecular complexity index is 1190. The van der Waals surface area contributed by atoms with E-state index in [1.165, 1.54) is 53.1 Å². The molecule has 2 amide bonds. The van der Waals surface area contributed by atoms with Crippen LogP contribution in [0.5, 0.6) is 5.75 Å². The van der Waals surface area contributed by atoms with Gasteiger partial charge in [-0.05, 0) is 60.7 Å². The fourth-order valence-corrected chi connectivity index (χ4v) is 4.26. The lowest BCUT2D eigenvalue weighted by molar-refractivity contribution is -0.129. The van der Waals surface area contributed by atoms with Gasteiger partial charge in [0.15, 0.2) is 11.8 Å². The van der Waals surface area contributed by atoms with Gasteiger partial charge < -0.3 is 30.3 Å². The van der Waals surface area contributed by atoms with E-state index in [0.29, 0.717) is 11.4 Å². The molecule has 2 aromatic rings. The van der Waals surface area contributed by atoms with Crippen molar-refractivity contribution in [1.82, 2.24) is 9.55 Å². The molecule has 33 heavy (non-hydrogen) atoms. The first-order valence-electron chi connectivity index (χ1n) is 9.81. The number of hydrogen-bond donors (Lipinski definition) is 4. The highest BCUT2D eigenvalue weighted by Gasteiger charge is 2.56. The molecule has 2 aliphatic heterocycles. The second-order valence-electron chi connectivity index (χ2n) is 8.06. The summed E-state index contributed by atoms with van der Waals surface area (Å²) in [6.45, 7) is 2.55. The summed E-state index contributed by atoms with van der Waals surface area (Å²) in [5.74, 6) is -0.691. The molecule has 3 heterocycles. The minimum atomic E-state index is -2.38. The Morgan fingerprint density at radius 2 is 2.09 bits per heavy atom. The topological polar surface area (TPSA) is 152 Å². The lowest BCUT2D eigenvalue weighted by Gasteiger charge is -2.31. The first-order chi connectivity index (χ1) is 15.4. The van der Waals surface area contributed by atoms with Gasteiger partial charge in [0.1, 0.15) is 23.8 Å². The second kappa shape index (κ2) is 8.30. The molecule has 4 N–H and O–H groups in total. The molecule has 4 rings (SSSR count). The van der Waals surface area contributed by atoms with E-state index >= 15 is 0 Å². The Morgan fingerprint density at radius 3 is 2.73 bits per heavy atom. The molecule has 1 aromatic heterocycles. The number of nitrogens with zero attached hydrogens (tertiary/aromatic N) is 2. The number of aliphatic hydroxyl groups is 2. The standard InChI is InChI=1S/C20H20FIN4O7/c1-19(2)16(30)23-10-4-3-9(7-11(10)33-19)15(29)24-13-5-6-26(18(31)25-13)17-20(21,22)14(28)12(8-27)32-17/h3-7,12,14,17,27-28H,8H2,1-2H3,(H,23,30)(H,24,25,29,31)/t12-,14-,17?,20?/m1/s1. The number of carbonyl (C=O) groups excluding carboxylic acids is 2. The van der Waals surface area contributed by atoms with Gasteiger partial charge in [0.25, 0.3) is 11.8 Å². The van der Waals surface area contributed by atoms with Gasteiger partial charge in [-0.2, -0.15) is 4.98 Å². The maximum Gasteiger partial charge on any atom is 0.351 e. The number of hydrogen-bond acceptors (Lipinski definition) is 8. The van der Waals surface area contributed by atoms with Gasteiger partial charge in [-0.3, -0.25) is 14.2 Å². The first kappa shape index (κ1) is 23.5. The van der Waals surface area contributed by atoms with Crippen LogP contribution in [0, 0.1) is 0 Å². The van der Waals surface area contributed by atoms with E-state index in [-0.39, 0.29) is 17.3 Å². The summed E-state index contributed by atoms with van der Waals surface area (Å²) in [5.41, 5.74) is -1.43. The molecule has 1 fully saturated rings. The first-order valence-corrected chi connectivity index (χ1v) is 10.9. The minimum Gasteiger partial charge on any atom is -0.476 e. The molecular formula is C20H20FIN4O7. The second-order valence-corrected chi connectivity index (χ2v) is 9.72. The Balaban J connectivity index is 1.53. The minimum absolute atomic E-state index is 0.0938. The Morgan fingerprint density at radius 1 is 1.36 bits per heavy atom. The number of halogens is 2. The third kappa shape index (κ3) is 4.20. The number of fused-ring (bicyclic) bond motifs is 1. The van der Waals surface area contributed by atoms with Crippen molar-refractivity contribution in [3.8, 4) is 5.75 Å². The van der Waals surface area contributed by atoms with Crippen LogP contribution in [0.4, 0.5) is 15.9 Å². The van der Waals surface area contributed by atoms with Gasteiger partial charge in [0.2, 0.25) is 3.68 Å². The number of carbonyl (C=O) groups is 2. The van der Waals surface area contributed by atoms with Crippen molar-refractivity contribution in [2.45, 2.75) is 41.6 Å². The van der Waals surface area contributed by atoms with Crippen molar-refractivity contribution in [2.24, 2.45) is 0 Å². The normalized spacial score (nSPS) is 27.9. The summed E-state index contributed by atoms with van der Waals surface area (Å²) in [4.78, 5) is 40.8. The third-order valence-electron chi connectivity index (χ3n) is 5.29. The zero-order valence-corrected chi connectivity index (χ0v) is 19.6. The Labute approximate surface area is 200 Å². The lowest BCUT2D eigenvalue weighted by atomic mass is 10.0. The molecule has 0 bridgehead atoms. The van der Waals surface area contributed by atoms with Crippen LogP contribution in [0.1, 0.15) is 30.4 Å². The highest BCUT2D eigenvalue weighted by atomic mass is 127. The summed E-state index contributed by atoms with van der Waals surface area (Å²) in [6.07, 6.45) is -3.21. The molecule has 1 aromatic carbocycles. The average molecular weight is 574 g/mol. The summed E-state index contributed by atoms with van der Waals surface area (Å²) >= 11 is 1.32. The molecular weight excluding hydrogens is 554 g/mol. The van der Waals surface area contributed by atoms with Gasteiger partial charge >= 0.3 is 5.69 Å². The number of nitrogens with one attached hydrogen (secondary N) is 2. The van der Waals surface area contributed by atoms with E-state index in [0.717, 1.165) is 4.57 Å². The Hall–Kier alpha value is -2.62. The van der Waals surface area contributed by atoms with Gasteiger partial charge in [0, 0.05) is 11.8 Å². The predicted molar refractivity (Wildman–Crippen MR) is 121 cm³/mol. The maximum absolute atomic E-state index is 14.9. The van der Waals surface area contributed by atoms with Crippen molar-refractivity contribution in [1.29, 1.82) is 0 Å². The molecule has 1 saturated heterocycles. The summed E-state index contributed by atoms with van der Waals surface area (Å²) < 4.78 is 24.3. The fraction of sp³-hybridized carbons (Fsp3) is 0.400. The zero-order chi connectivity index (χ0) is 24.1. The summed E-state index contributed by atoms with van der Waals surface area (Å²) in [6, 6.07) is 5.70. The predicted octanol–water partition coefficient (Wildman–Crippen LogP) is 0.956. The van der Waals surface area contributed by atoms with E-state index in [1.807, 2.05) is 0 Å². The molecule has 0 spiro atoms. The molecule has 0 aliphatic carbocycles. The van der Waals surface area contributed by atoms with Crippen LogP contribution in [-0.2, 0) is 9.53 Å². The number of aliphatic hydroxyl groups excluding tert-OH is 2.